The van der Waals surface area contributed by atoms with Gasteiger partial charge in [0.2, 0.25) is 0 Å². The lowest BCUT2D eigenvalue weighted by Gasteiger charge is -2.26. The van der Waals surface area contributed by atoms with E-state index in [9.17, 15) is 19.1 Å². The van der Waals surface area contributed by atoms with Crippen molar-refractivity contribution < 1.29 is 28.6 Å². The molecule has 0 spiro atoms. The molecule has 1 saturated heterocycles. The van der Waals surface area contributed by atoms with E-state index in [1.165, 1.54) is 31.3 Å². The quantitative estimate of drug-likeness (QED) is 0.365. The number of halogens is 1. The largest absolute Gasteiger partial charge is 0.507 e. The Kier molecular flexibility index (Phi) is 5.64. The molecular weight excluding hydrogens is 413 g/mol. The molecule has 3 aromatic rings. The summed E-state index contributed by atoms with van der Waals surface area (Å²) in [6.45, 7) is 0. The van der Waals surface area contributed by atoms with Gasteiger partial charge in [-0.1, -0.05) is 42.5 Å². The highest BCUT2D eigenvalue weighted by Crippen LogP contribution is 2.45. The van der Waals surface area contributed by atoms with Crippen molar-refractivity contribution in [1.29, 1.82) is 0 Å². The molecule has 0 aromatic heterocycles. The van der Waals surface area contributed by atoms with Crippen molar-refractivity contribution in [3.05, 3.63) is 95.3 Å². The van der Waals surface area contributed by atoms with E-state index >= 15 is 0 Å². The Hall–Kier alpha value is -4.13. The maximum Gasteiger partial charge on any atom is 0.300 e. The van der Waals surface area contributed by atoms with Gasteiger partial charge in [0.05, 0.1) is 37.1 Å². The van der Waals surface area contributed by atoms with Gasteiger partial charge in [-0.2, -0.15) is 0 Å². The Morgan fingerprint density at radius 1 is 0.906 bits per heavy atom. The number of benzene rings is 3. The Morgan fingerprint density at radius 2 is 1.56 bits per heavy atom. The van der Waals surface area contributed by atoms with Gasteiger partial charge in [-0.3, -0.25) is 14.5 Å². The highest BCUT2D eigenvalue weighted by molar-refractivity contribution is 6.52. The SMILES string of the molecule is COc1ccc(F)cc1/C(O)=C1\C(=O)C(=O)N(c2ccccc2OC)C1c1ccccc1. The summed E-state index contributed by atoms with van der Waals surface area (Å²) in [4.78, 5) is 27.7. The Bertz CT molecular complexity index is 1220. The summed E-state index contributed by atoms with van der Waals surface area (Å²) in [6, 6.07) is 18.2. The second kappa shape index (κ2) is 8.55. The first-order valence-corrected chi connectivity index (χ1v) is 9.80. The van der Waals surface area contributed by atoms with E-state index in [1.54, 1.807) is 54.6 Å². The number of amides is 1. The van der Waals surface area contributed by atoms with E-state index in [1.807, 2.05) is 0 Å². The average molecular weight is 433 g/mol. The molecule has 1 fully saturated rings. The van der Waals surface area contributed by atoms with Gasteiger partial charge in [-0.05, 0) is 35.9 Å². The third-order valence-corrected chi connectivity index (χ3v) is 5.32. The lowest BCUT2D eigenvalue weighted by Crippen LogP contribution is -2.29. The second-order valence-electron chi connectivity index (χ2n) is 7.10. The van der Waals surface area contributed by atoms with E-state index in [4.69, 9.17) is 9.47 Å². The van der Waals surface area contributed by atoms with Crippen LogP contribution in [0.4, 0.5) is 10.1 Å². The van der Waals surface area contributed by atoms with Gasteiger partial charge in [-0.15, -0.1) is 0 Å². The number of methoxy groups -OCH3 is 2. The van der Waals surface area contributed by atoms with Gasteiger partial charge in [0.1, 0.15) is 23.1 Å². The zero-order chi connectivity index (χ0) is 22.8. The van der Waals surface area contributed by atoms with E-state index in [2.05, 4.69) is 0 Å². The number of Topliss-reactive ketones (excluding diaryl/α,β-unsaturated/α-hetero) is 1. The third-order valence-electron chi connectivity index (χ3n) is 5.32. The molecule has 1 amide bonds. The molecule has 1 unspecified atom stereocenters. The van der Waals surface area contributed by atoms with Gasteiger partial charge in [0.25, 0.3) is 11.7 Å². The highest BCUT2D eigenvalue weighted by Gasteiger charge is 2.48. The number of hydrogen-bond acceptors (Lipinski definition) is 5. The van der Waals surface area contributed by atoms with Crippen LogP contribution in [0.2, 0.25) is 0 Å². The van der Waals surface area contributed by atoms with Gasteiger partial charge >= 0.3 is 0 Å². The molecule has 6 nitrogen and oxygen atoms in total. The van der Waals surface area contributed by atoms with Crippen LogP contribution < -0.4 is 14.4 Å². The predicted molar refractivity (Wildman–Crippen MR) is 117 cm³/mol. The molecule has 4 rings (SSSR count). The molecule has 1 atom stereocenters. The normalized spacial score (nSPS) is 17.5. The first kappa shape index (κ1) is 21.1. The Morgan fingerprint density at radius 3 is 2.25 bits per heavy atom. The molecule has 32 heavy (non-hydrogen) atoms. The molecule has 0 aliphatic carbocycles. The summed E-state index contributed by atoms with van der Waals surface area (Å²) in [5, 5.41) is 11.2. The number of hydrogen-bond donors (Lipinski definition) is 1. The summed E-state index contributed by atoms with van der Waals surface area (Å²) < 4.78 is 24.6. The van der Waals surface area contributed by atoms with E-state index in [0.29, 0.717) is 17.0 Å². The fourth-order valence-electron chi connectivity index (χ4n) is 3.87. The standard InChI is InChI=1S/C25H20FNO5/c1-31-19-13-12-16(26)14-17(19)23(28)21-22(15-8-4-3-5-9-15)27(25(30)24(21)29)18-10-6-7-11-20(18)32-2/h3-14,22,28H,1-2H3/b23-21+. The van der Waals surface area contributed by atoms with Crippen molar-refractivity contribution in [3.8, 4) is 11.5 Å². The summed E-state index contributed by atoms with van der Waals surface area (Å²) in [7, 11) is 2.83. The van der Waals surface area contributed by atoms with Gasteiger partial charge in [0, 0.05) is 0 Å². The van der Waals surface area contributed by atoms with Gasteiger partial charge in [0.15, 0.2) is 0 Å². The number of carbonyl (C=O) groups is 2. The summed E-state index contributed by atoms with van der Waals surface area (Å²) >= 11 is 0. The molecule has 1 aliphatic heterocycles. The lowest BCUT2D eigenvalue weighted by atomic mass is 9.94. The number of anilines is 1. The van der Waals surface area contributed by atoms with Crippen LogP contribution >= 0.6 is 0 Å². The topological polar surface area (TPSA) is 76.1 Å². The number of ketones is 1. The minimum Gasteiger partial charge on any atom is -0.507 e. The number of para-hydroxylation sites is 2. The zero-order valence-corrected chi connectivity index (χ0v) is 17.4. The van der Waals surface area contributed by atoms with Crippen molar-refractivity contribution in [2.24, 2.45) is 0 Å². The van der Waals surface area contributed by atoms with Gasteiger partial charge < -0.3 is 14.6 Å². The molecule has 0 saturated carbocycles. The Labute approximate surface area is 184 Å². The molecule has 1 aliphatic rings. The van der Waals surface area contributed by atoms with Crippen molar-refractivity contribution in [2.75, 3.05) is 19.1 Å². The van der Waals surface area contributed by atoms with Crippen LogP contribution in [0.5, 0.6) is 11.5 Å². The van der Waals surface area contributed by atoms with Crippen LogP contribution in [-0.4, -0.2) is 31.0 Å². The van der Waals surface area contributed by atoms with Crippen LogP contribution in [0.3, 0.4) is 0 Å². The number of carbonyl (C=O) groups excluding carboxylic acids is 2. The Balaban J connectivity index is 2.00. The van der Waals surface area contributed by atoms with Crippen LogP contribution in [0.25, 0.3) is 5.76 Å². The van der Waals surface area contributed by atoms with Crippen molar-refractivity contribution in [3.63, 3.8) is 0 Å². The van der Waals surface area contributed by atoms with Crippen molar-refractivity contribution in [1.82, 2.24) is 0 Å². The molecule has 1 heterocycles. The molecule has 162 valence electrons. The fourth-order valence-corrected chi connectivity index (χ4v) is 3.87. The summed E-state index contributed by atoms with van der Waals surface area (Å²) in [5.41, 5.74) is 0.771. The minimum atomic E-state index is -0.958. The maximum atomic E-state index is 14.0. The monoisotopic (exact) mass is 433 g/mol. The average Bonchev–Trinajstić information content (AvgIpc) is 3.09. The first-order valence-electron chi connectivity index (χ1n) is 9.80. The summed E-state index contributed by atoms with van der Waals surface area (Å²) in [6.07, 6.45) is 0. The number of ether oxygens (including phenoxy) is 2. The molecule has 7 heteroatoms. The fraction of sp³-hybridized carbons (Fsp3) is 0.120. The van der Waals surface area contributed by atoms with E-state index in [-0.39, 0.29) is 16.9 Å². The third kappa shape index (κ3) is 3.47. The highest BCUT2D eigenvalue weighted by atomic mass is 19.1. The van der Waals surface area contributed by atoms with Gasteiger partial charge in [-0.25, -0.2) is 4.39 Å². The van der Waals surface area contributed by atoms with Crippen molar-refractivity contribution >= 4 is 23.1 Å². The molecule has 1 N–H and O–H groups in total. The smallest absolute Gasteiger partial charge is 0.300 e. The van der Waals surface area contributed by atoms with Crippen LogP contribution in [0.15, 0.2) is 78.4 Å². The maximum absolute atomic E-state index is 14.0. The minimum absolute atomic E-state index is 0.0218. The first-order chi connectivity index (χ1) is 15.5. The summed E-state index contributed by atoms with van der Waals surface area (Å²) in [5.74, 6) is -2.32. The number of aliphatic hydroxyl groups is 1. The molecule has 3 aromatic carbocycles. The van der Waals surface area contributed by atoms with E-state index in [0.717, 1.165) is 6.07 Å². The van der Waals surface area contributed by atoms with E-state index < -0.39 is 29.3 Å². The number of aliphatic hydroxyl groups excluding tert-OH is 1. The van der Waals surface area contributed by atoms with Crippen LogP contribution in [-0.2, 0) is 9.59 Å². The molecule has 0 radical (unpaired) electrons. The molecular formula is C25H20FNO5. The number of rotatable bonds is 5. The molecule has 0 bridgehead atoms. The number of nitrogens with zero attached hydrogens (tertiary/aromatic N) is 1. The second-order valence-corrected chi connectivity index (χ2v) is 7.10. The predicted octanol–water partition coefficient (Wildman–Crippen LogP) is 4.47. The lowest BCUT2D eigenvalue weighted by molar-refractivity contribution is -0.132. The zero-order valence-electron chi connectivity index (χ0n) is 17.4. The van der Waals surface area contributed by atoms with Crippen molar-refractivity contribution in [2.45, 2.75) is 6.04 Å². The van der Waals surface area contributed by atoms with Crippen LogP contribution in [0.1, 0.15) is 17.2 Å². The van der Waals surface area contributed by atoms with Crippen LogP contribution in [0, 0.1) is 5.82 Å².